The lowest BCUT2D eigenvalue weighted by Gasteiger charge is -2.26. The maximum atomic E-state index is 13.2. The highest BCUT2D eigenvalue weighted by atomic mass is 16.4. The van der Waals surface area contributed by atoms with E-state index in [-0.39, 0.29) is 12.3 Å². The van der Waals surface area contributed by atoms with Gasteiger partial charge in [-0.05, 0) is 17.5 Å². The van der Waals surface area contributed by atoms with Crippen molar-refractivity contribution in [2.45, 2.75) is 57.3 Å². The Balaban J connectivity index is 2.28. The number of fused-ring (bicyclic) bond motifs is 1. The van der Waals surface area contributed by atoms with Crippen molar-refractivity contribution in [3.8, 4) is 0 Å². The lowest BCUT2D eigenvalue weighted by molar-refractivity contribution is -0.143. The molecule has 13 heteroatoms. The van der Waals surface area contributed by atoms with Crippen molar-refractivity contribution in [2.24, 2.45) is 17.4 Å². The van der Waals surface area contributed by atoms with Crippen LogP contribution in [0.25, 0.3) is 10.9 Å². The Hall–Kier alpha value is -3.97. The van der Waals surface area contributed by atoms with Gasteiger partial charge in [-0.25, -0.2) is 4.79 Å². The summed E-state index contributed by atoms with van der Waals surface area (Å²) in [7, 11) is 0. The number of aromatic nitrogens is 1. The third-order valence-corrected chi connectivity index (χ3v) is 6.08. The molecule has 0 saturated heterocycles. The molecule has 0 radical (unpaired) electrons. The molecule has 0 fully saturated rings. The van der Waals surface area contributed by atoms with Crippen LogP contribution >= 0.6 is 0 Å². The summed E-state index contributed by atoms with van der Waals surface area (Å²) >= 11 is 0. The van der Waals surface area contributed by atoms with Gasteiger partial charge in [-0.2, -0.15) is 0 Å². The van der Waals surface area contributed by atoms with Crippen LogP contribution in [-0.2, 0) is 30.4 Å². The normalized spacial score (nSPS) is 15.1. The number of hydrogen-bond donors (Lipinski definition) is 8. The molecule has 202 valence electrons. The summed E-state index contributed by atoms with van der Waals surface area (Å²) in [6.07, 6.45) is 1.68. The van der Waals surface area contributed by atoms with E-state index in [0.717, 1.165) is 10.9 Å². The van der Waals surface area contributed by atoms with E-state index in [0.29, 0.717) is 12.0 Å². The fraction of sp³-hybridized carbons (Fsp3) is 0.458. The fourth-order valence-corrected chi connectivity index (χ4v) is 3.72. The van der Waals surface area contributed by atoms with Gasteiger partial charge < -0.3 is 42.6 Å². The lowest BCUT2D eigenvalue weighted by Crippen LogP contribution is -2.59. The van der Waals surface area contributed by atoms with Gasteiger partial charge in [0, 0.05) is 23.5 Å². The number of carbonyl (C=O) groups is 5. The molecule has 1 heterocycles. The number of aromatic amines is 1. The van der Waals surface area contributed by atoms with Crippen molar-refractivity contribution in [3.05, 3.63) is 36.0 Å². The molecule has 0 spiro atoms. The van der Waals surface area contributed by atoms with Crippen LogP contribution in [0.3, 0.4) is 0 Å². The molecule has 13 nitrogen and oxygen atoms in total. The lowest BCUT2D eigenvalue weighted by atomic mass is 9.98. The molecule has 2 rings (SSSR count). The van der Waals surface area contributed by atoms with Gasteiger partial charge in [0.15, 0.2) is 0 Å². The first-order chi connectivity index (χ1) is 17.5. The number of amides is 4. The molecule has 10 N–H and O–H groups in total. The summed E-state index contributed by atoms with van der Waals surface area (Å²) in [4.78, 5) is 64.2. The van der Waals surface area contributed by atoms with Gasteiger partial charge in [-0.15, -0.1) is 0 Å². The first-order valence-corrected chi connectivity index (χ1v) is 11.8. The number of aliphatic hydroxyl groups is 1. The highest BCUT2D eigenvalue weighted by Crippen LogP contribution is 2.19. The van der Waals surface area contributed by atoms with Gasteiger partial charge >= 0.3 is 5.97 Å². The third-order valence-electron chi connectivity index (χ3n) is 6.08. The Morgan fingerprint density at radius 2 is 1.62 bits per heavy atom. The number of carbonyl (C=O) groups excluding carboxylic acids is 4. The molecule has 0 saturated carbocycles. The van der Waals surface area contributed by atoms with Crippen molar-refractivity contribution in [2.75, 3.05) is 6.61 Å². The van der Waals surface area contributed by atoms with Crippen molar-refractivity contribution >= 4 is 40.5 Å². The maximum Gasteiger partial charge on any atom is 0.326 e. The second-order valence-electron chi connectivity index (χ2n) is 8.86. The van der Waals surface area contributed by atoms with Crippen LogP contribution in [0.15, 0.2) is 30.5 Å². The quantitative estimate of drug-likeness (QED) is 0.146. The highest BCUT2D eigenvalue weighted by Gasteiger charge is 2.32. The molecule has 2 aromatic rings. The summed E-state index contributed by atoms with van der Waals surface area (Å²) in [5, 5.41) is 27.3. The number of carboxylic acid groups (broad SMARTS) is 1. The van der Waals surface area contributed by atoms with Gasteiger partial charge in [0.25, 0.3) is 0 Å². The predicted molar refractivity (Wildman–Crippen MR) is 134 cm³/mol. The largest absolute Gasteiger partial charge is 0.480 e. The number of primary amides is 1. The van der Waals surface area contributed by atoms with E-state index in [9.17, 15) is 34.2 Å². The number of aliphatic carboxylic acids is 1. The van der Waals surface area contributed by atoms with Crippen LogP contribution in [0.2, 0.25) is 0 Å². The van der Waals surface area contributed by atoms with Crippen molar-refractivity contribution in [3.63, 3.8) is 0 Å². The number of aliphatic hydroxyl groups excluding tert-OH is 1. The topological polar surface area (TPSA) is 230 Å². The van der Waals surface area contributed by atoms with E-state index in [1.165, 1.54) is 0 Å². The van der Waals surface area contributed by atoms with Crippen LogP contribution in [0.1, 0.15) is 32.3 Å². The van der Waals surface area contributed by atoms with Crippen LogP contribution in [0.5, 0.6) is 0 Å². The number of rotatable bonds is 14. The zero-order chi connectivity index (χ0) is 27.7. The van der Waals surface area contributed by atoms with Gasteiger partial charge in [0.05, 0.1) is 19.1 Å². The molecule has 1 aromatic carbocycles. The molecule has 0 aliphatic rings. The van der Waals surface area contributed by atoms with Crippen LogP contribution in [0, 0.1) is 5.92 Å². The van der Waals surface area contributed by atoms with Crippen LogP contribution in [0.4, 0.5) is 0 Å². The van der Waals surface area contributed by atoms with E-state index >= 15 is 0 Å². The molecule has 5 atom stereocenters. The minimum absolute atomic E-state index is 0.0122. The number of para-hydroxylation sites is 1. The molecular weight excluding hydrogens is 484 g/mol. The molecular formula is C24H34N6O7. The smallest absolute Gasteiger partial charge is 0.326 e. The summed E-state index contributed by atoms with van der Waals surface area (Å²) in [6, 6.07) is 2.03. The average Bonchev–Trinajstić information content (AvgIpc) is 3.26. The molecule has 0 aliphatic carbocycles. The Morgan fingerprint density at radius 3 is 2.22 bits per heavy atom. The van der Waals surface area contributed by atoms with Gasteiger partial charge in [0.1, 0.15) is 18.1 Å². The highest BCUT2D eigenvalue weighted by molar-refractivity contribution is 5.95. The molecule has 0 aliphatic heterocycles. The molecule has 1 aromatic heterocycles. The van der Waals surface area contributed by atoms with Gasteiger partial charge in [-0.3, -0.25) is 19.2 Å². The Kier molecular flexibility index (Phi) is 10.6. The molecule has 37 heavy (non-hydrogen) atoms. The maximum absolute atomic E-state index is 13.2. The van der Waals surface area contributed by atoms with Crippen molar-refractivity contribution < 1.29 is 34.2 Å². The van der Waals surface area contributed by atoms with Gasteiger partial charge in [0.2, 0.25) is 23.6 Å². The standard InChI is InChI=1S/C24H34N6O7/c1-3-12(2)20(24(36)37)30-22(34)17(8-13-10-27-16-7-5-4-6-14(13)16)28-23(35)18(11-31)29-21(33)15(25)9-19(26)32/h4-7,10,12,15,17-18,20,27,31H,3,8-9,11,25H2,1-2H3,(H2,26,32)(H,28,35)(H,29,33)(H,30,34)(H,36,37). The minimum atomic E-state index is -1.49. The zero-order valence-corrected chi connectivity index (χ0v) is 20.7. The third kappa shape index (κ3) is 8.02. The molecule has 4 amide bonds. The monoisotopic (exact) mass is 518 g/mol. The van der Waals surface area contributed by atoms with Gasteiger partial charge in [-0.1, -0.05) is 38.5 Å². The predicted octanol–water partition coefficient (Wildman–Crippen LogP) is -1.51. The number of hydrogen-bond acceptors (Lipinski definition) is 7. The zero-order valence-electron chi connectivity index (χ0n) is 20.7. The van der Waals surface area contributed by atoms with E-state index < -0.39 is 66.8 Å². The second kappa shape index (κ2) is 13.4. The molecule has 0 bridgehead atoms. The van der Waals surface area contributed by atoms with Crippen LogP contribution in [-0.4, -0.2) is 75.6 Å². The number of nitrogens with two attached hydrogens (primary N) is 2. The molecule has 5 unspecified atom stereocenters. The Bertz CT molecular complexity index is 1130. The van der Waals surface area contributed by atoms with Crippen molar-refractivity contribution in [1.29, 1.82) is 0 Å². The number of carboxylic acids is 1. The Morgan fingerprint density at radius 1 is 1.00 bits per heavy atom. The van der Waals surface area contributed by atoms with E-state index in [2.05, 4.69) is 20.9 Å². The summed E-state index contributed by atoms with van der Waals surface area (Å²) in [5.41, 5.74) is 12.1. The van der Waals surface area contributed by atoms with E-state index in [4.69, 9.17) is 11.5 Å². The summed E-state index contributed by atoms with van der Waals surface area (Å²) < 4.78 is 0. The first-order valence-electron chi connectivity index (χ1n) is 11.8. The first kappa shape index (κ1) is 29.3. The summed E-state index contributed by atoms with van der Waals surface area (Å²) in [5.74, 6) is -4.98. The minimum Gasteiger partial charge on any atom is -0.480 e. The summed E-state index contributed by atoms with van der Waals surface area (Å²) in [6.45, 7) is 2.64. The van der Waals surface area contributed by atoms with Crippen LogP contribution < -0.4 is 27.4 Å². The Labute approximate surface area is 213 Å². The fourth-order valence-electron chi connectivity index (χ4n) is 3.72. The number of benzene rings is 1. The van der Waals surface area contributed by atoms with Crippen molar-refractivity contribution in [1.82, 2.24) is 20.9 Å². The van der Waals surface area contributed by atoms with E-state index in [1.54, 1.807) is 20.0 Å². The second-order valence-corrected chi connectivity index (χ2v) is 8.86. The average molecular weight is 519 g/mol. The number of H-pyrrole nitrogens is 1. The van der Waals surface area contributed by atoms with E-state index in [1.807, 2.05) is 24.3 Å². The number of nitrogens with one attached hydrogen (secondary N) is 4. The SMILES string of the molecule is CCC(C)C(NC(=O)C(Cc1c[nH]c2ccccc12)NC(=O)C(CO)NC(=O)C(N)CC(N)=O)C(=O)O.